The van der Waals surface area contributed by atoms with Crippen molar-refractivity contribution < 1.29 is 13.9 Å². The van der Waals surface area contributed by atoms with E-state index in [0.717, 1.165) is 6.42 Å². The number of ether oxygens (including phenoxy) is 1. The zero-order valence-electron chi connectivity index (χ0n) is 13.0. The normalized spacial score (nSPS) is 16.5. The van der Waals surface area contributed by atoms with Crippen LogP contribution in [0.5, 0.6) is 0 Å². The Kier molecular flexibility index (Phi) is 4.57. The van der Waals surface area contributed by atoms with E-state index < -0.39 is 5.82 Å². The molecule has 1 unspecified atom stereocenters. The van der Waals surface area contributed by atoms with Gasteiger partial charge in [-0.2, -0.15) is 0 Å². The van der Waals surface area contributed by atoms with Crippen molar-refractivity contribution in [2.45, 2.75) is 19.1 Å². The number of hydrogen-bond acceptors (Lipinski definition) is 2. The number of urea groups is 1. The first-order chi connectivity index (χ1) is 11.1. The number of fused-ring (bicyclic) bond motifs is 1. The average Bonchev–Trinajstić information content (AvgIpc) is 2.56. The monoisotopic (exact) mass is 314 g/mol. The third-order valence-corrected chi connectivity index (χ3v) is 3.98. The van der Waals surface area contributed by atoms with Crippen LogP contribution in [0, 0.1) is 5.82 Å². The number of carbonyl (C=O) groups is 1. The Hall–Kier alpha value is -2.40. The number of para-hydroxylation sites is 1. The summed E-state index contributed by atoms with van der Waals surface area (Å²) in [7, 11) is 1.68. The third kappa shape index (κ3) is 3.68. The number of carbonyl (C=O) groups excluding carboxylic acids is 1. The summed E-state index contributed by atoms with van der Waals surface area (Å²) in [5.41, 5.74) is 2.63. The van der Waals surface area contributed by atoms with Crippen LogP contribution in [-0.4, -0.2) is 30.6 Å². The van der Waals surface area contributed by atoms with Gasteiger partial charge in [0.15, 0.2) is 0 Å². The topological polar surface area (TPSA) is 41.6 Å². The van der Waals surface area contributed by atoms with Crippen molar-refractivity contribution in [3.63, 3.8) is 0 Å². The van der Waals surface area contributed by atoms with E-state index in [1.165, 1.54) is 28.2 Å². The van der Waals surface area contributed by atoms with Gasteiger partial charge in [-0.05, 0) is 23.3 Å². The number of halogens is 1. The SMILES string of the molecule is CN(CC1Cc2ccccc2CO1)C(=O)Nc1ccccc1F. The Bertz CT molecular complexity index is 705. The first kappa shape index (κ1) is 15.5. The molecule has 0 fully saturated rings. The number of amides is 2. The van der Waals surface area contributed by atoms with E-state index in [0.29, 0.717) is 13.2 Å². The molecule has 0 bridgehead atoms. The summed E-state index contributed by atoms with van der Waals surface area (Å²) < 4.78 is 19.4. The zero-order chi connectivity index (χ0) is 16.2. The zero-order valence-corrected chi connectivity index (χ0v) is 13.0. The van der Waals surface area contributed by atoms with Crippen molar-refractivity contribution >= 4 is 11.7 Å². The van der Waals surface area contributed by atoms with E-state index in [1.54, 1.807) is 19.2 Å². The summed E-state index contributed by atoms with van der Waals surface area (Å²) in [5.74, 6) is -0.447. The van der Waals surface area contributed by atoms with Gasteiger partial charge < -0.3 is 15.0 Å². The largest absolute Gasteiger partial charge is 0.371 e. The van der Waals surface area contributed by atoms with Crippen molar-refractivity contribution in [3.8, 4) is 0 Å². The molecule has 0 aromatic heterocycles. The van der Waals surface area contributed by atoms with Crippen LogP contribution in [0.15, 0.2) is 48.5 Å². The van der Waals surface area contributed by atoms with E-state index in [2.05, 4.69) is 17.4 Å². The molecule has 2 amide bonds. The minimum absolute atomic E-state index is 0.0544. The lowest BCUT2D eigenvalue weighted by Gasteiger charge is -2.29. The fourth-order valence-electron chi connectivity index (χ4n) is 2.69. The summed E-state index contributed by atoms with van der Waals surface area (Å²) in [4.78, 5) is 13.7. The van der Waals surface area contributed by atoms with Gasteiger partial charge in [-0.15, -0.1) is 0 Å². The molecule has 5 heteroatoms. The van der Waals surface area contributed by atoms with Crippen LogP contribution in [0.25, 0.3) is 0 Å². The lowest BCUT2D eigenvalue weighted by molar-refractivity contribution is 0.0159. The van der Waals surface area contributed by atoms with Crippen molar-refractivity contribution in [3.05, 3.63) is 65.5 Å². The Morgan fingerprint density at radius 2 is 1.91 bits per heavy atom. The minimum Gasteiger partial charge on any atom is -0.371 e. The van der Waals surface area contributed by atoms with Gasteiger partial charge in [-0.1, -0.05) is 36.4 Å². The molecule has 2 aromatic rings. The van der Waals surface area contributed by atoms with Gasteiger partial charge in [-0.3, -0.25) is 0 Å². The molecule has 2 aromatic carbocycles. The van der Waals surface area contributed by atoms with E-state index in [4.69, 9.17) is 4.74 Å². The maximum Gasteiger partial charge on any atom is 0.321 e. The lowest BCUT2D eigenvalue weighted by Crippen LogP contribution is -2.40. The van der Waals surface area contributed by atoms with Crippen molar-refractivity contribution in [2.75, 3.05) is 18.9 Å². The van der Waals surface area contributed by atoms with E-state index in [-0.39, 0.29) is 17.8 Å². The van der Waals surface area contributed by atoms with Gasteiger partial charge in [0.05, 0.1) is 18.4 Å². The predicted molar refractivity (Wildman–Crippen MR) is 86.8 cm³/mol. The van der Waals surface area contributed by atoms with Gasteiger partial charge in [0.2, 0.25) is 0 Å². The number of likely N-dealkylation sites (N-methyl/N-ethyl adjacent to an activating group) is 1. The molecule has 0 spiro atoms. The number of hydrogen-bond donors (Lipinski definition) is 1. The maximum absolute atomic E-state index is 13.6. The molecule has 0 aliphatic carbocycles. The van der Waals surface area contributed by atoms with E-state index in [9.17, 15) is 9.18 Å². The molecule has 120 valence electrons. The van der Waals surface area contributed by atoms with Crippen LogP contribution in [0.1, 0.15) is 11.1 Å². The summed E-state index contributed by atoms with van der Waals surface area (Å²) in [6.07, 6.45) is 0.717. The van der Waals surface area contributed by atoms with Crippen molar-refractivity contribution in [1.29, 1.82) is 0 Å². The molecule has 1 heterocycles. The van der Waals surface area contributed by atoms with Gasteiger partial charge in [0, 0.05) is 20.0 Å². The number of nitrogens with zero attached hydrogens (tertiary/aromatic N) is 1. The molecule has 3 rings (SSSR count). The highest BCUT2D eigenvalue weighted by atomic mass is 19.1. The van der Waals surface area contributed by atoms with E-state index >= 15 is 0 Å². The van der Waals surface area contributed by atoms with Crippen LogP contribution in [0.4, 0.5) is 14.9 Å². The maximum atomic E-state index is 13.6. The summed E-state index contributed by atoms with van der Waals surface area (Å²) >= 11 is 0. The highest BCUT2D eigenvalue weighted by Crippen LogP contribution is 2.21. The average molecular weight is 314 g/mol. The number of anilines is 1. The molecule has 0 saturated carbocycles. The Balaban J connectivity index is 1.58. The highest BCUT2D eigenvalue weighted by Gasteiger charge is 2.22. The summed E-state index contributed by atoms with van der Waals surface area (Å²) in [5, 5.41) is 2.58. The second-order valence-corrected chi connectivity index (χ2v) is 5.70. The van der Waals surface area contributed by atoms with Crippen LogP contribution < -0.4 is 5.32 Å². The molecule has 0 radical (unpaired) electrons. The number of rotatable bonds is 3. The van der Waals surface area contributed by atoms with Gasteiger partial charge in [-0.25, -0.2) is 9.18 Å². The Morgan fingerprint density at radius 3 is 2.70 bits per heavy atom. The van der Waals surface area contributed by atoms with Crippen LogP contribution in [0.3, 0.4) is 0 Å². The Morgan fingerprint density at radius 1 is 1.22 bits per heavy atom. The summed E-state index contributed by atoms with van der Waals surface area (Å²) in [6, 6.07) is 13.9. The highest BCUT2D eigenvalue weighted by molar-refractivity contribution is 5.89. The molecular weight excluding hydrogens is 295 g/mol. The standard InChI is InChI=1S/C18H19FN2O2/c1-21(18(22)20-17-9-5-4-8-16(17)19)11-15-10-13-6-2-3-7-14(13)12-23-15/h2-9,15H,10-12H2,1H3,(H,20,22). The quantitative estimate of drug-likeness (QED) is 0.943. The minimum atomic E-state index is -0.447. The van der Waals surface area contributed by atoms with Crippen LogP contribution in [0.2, 0.25) is 0 Å². The first-order valence-corrected chi connectivity index (χ1v) is 7.58. The van der Waals surface area contributed by atoms with Gasteiger partial charge in [0.25, 0.3) is 0 Å². The molecule has 1 aliphatic rings. The number of benzene rings is 2. The second-order valence-electron chi connectivity index (χ2n) is 5.70. The second kappa shape index (κ2) is 6.79. The molecule has 4 nitrogen and oxygen atoms in total. The predicted octanol–water partition coefficient (Wildman–Crippen LogP) is 3.43. The summed E-state index contributed by atoms with van der Waals surface area (Å²) in [6.45, 7) is 1.01. The van der Waals surface area contributed by atoms with Crippen LogP contribution in [-0.2, 0) is 17.8 Å². The number of nitrogens with one attached hydrogen (secondary N) is 1. The van der Waals surface area contributed by atoms with Crippen molar-refractivity contribution in [1.82, 2.24) is 4.90 Å². The third-order valence-electron chi connectivity index (χ3n) is 3.98. The molecular formula is C18H19FN2O2. The molecule has 1 atom stereocenters. The fraction of sp³-hybridized carbons (Fsp3) is 0.278. The van der Waals surface area contributed by atoms with Gasteiger partial charge >= 0.3 is 6.03 Å². The lowest BCUT2D eigenvalue weighted by atomic mass is 9.99. The molecule has 23 heavy (non-hydrogen) atoms. The first-order valence-electron chi connectivity index (χ1n) is 7.58. The molecule has 1 aliphatic heterocycles. The Labute approximate surface area is 134 Å². The van der Waals surface area contributed by atoms with E-state index in [1.807, 2.05) is 12.1 Å². The fourth-order valence-corrected chi connectivity index (χ4v) is 2.69. The molecule has 0 saturated heterocycles. The molecule has 1 N–H and O–H groups in total. The van der Waals surface area contributed by atoms with Crippen molar-refractivity contribution in [2.24, 2.45) is 0 Å². The van der Waals surface area contributed by atoms with Gasteiger partial charge in [0.1, 0.15) is 5.82 Å². The smallest absolute Gasteiger partial charge is 0.321 e. The van der Waals surface area contributed by atoms with Crippen LogP contribution >= 0.6 is 0 Å².